The van der Waals surface area contributed by atoms with E-state index in [4.69, 9.17) is 0 Å². The first-order chi connectivity index (χ1) is 14.5. The third kappa shape index (κ3) is 2.22. The molecule has 0 bridgehead atoms. The summed E-state index contributed by atoms with van der Waals surface area (Å²) in [5.74, 6) is 0. The van der Waals surface area contributed by atoms with Crippen LogP contribution in [0.5, 0.6) is 0 Å². The quantitative estimate of drug-likeness (QED) is 0.230. The van der Waals surface area contributed by atoms with Crippen molar-refractivity contribution in [3.63, 3.8) is 0 Å². The highest BCUT2D eigenvalue weighted by atomic mass is 14.2. The Morgan fingerprint density at radius 3 is 1.00 bits per heavy atom. The summed E-state index contributed by atoms with van der Waals surface area (Å²) in [4.78, 5) is 0. The van der Waals surface area contributed by atoms with Crippen LogP contribution >= 0.6 is 0 Å². The van der Waals surface area contributed by atoms with E-state index in [1.54, 1.807) is 0 Å². The van der Waals surface area contributed by atoms with Gasteiger partial charge in [0.2, 0.25) is 0 Å². The molecule has 0 aromatic heterocycles. The van der Waals surface area contributed by atoms with Crippen LogP contribution < -0.4 is 0 Å². The molecule has 0 heterocycles. The lowest BCUT2D eigenvalue weighted by atomic mass is 9.85. The third-order valence-corrected chi connectivity index (χ3v) is 7.03. The minimum atomic E-state index is 1.34. The fourth-order valence-corrected chi connectivity index (χ4v) is 5.19. The Morgan fingerprint density at radius 1 is 0.333 bits per heavy atom. The van der Waals surface area contributed by atoms with Crippen molar-refractivity contribution in [2.24, 2.45) is 0 Å². The Bertz CT molecular complexity index is 1540. The maximum atomic E-state index is 2.41. The highest BCUT2D eigenvalue weighted by Gasteiger charge is 2.16. The van der Waals surface area contributed by atoms with E-state index in [2.05, 4.69) is 100 Å². The normalized spacial score (nSPS) is 12.0. The first-order valence-corrected chi connectivity index (χ1v) is 10.7. The molecule has 6 aromatic rings. The number of aryl methyl sites for hydroxylation is 4. The maximum absolute atomic E-state index is 2.41. The van der Waals surface area contributed by atoms with Crippen molar-refractivity contribution in [1.82, 2.24) is 0 Å². The average molecular weight is 385 g/mol. The summed E-state index contributed by atoms with van der Waals surface area (Å²) in [5.41, 5.74) is 5.41. The molecule has 0 saturated heterocycles. The number of fused-ring (bicyclic) bond motifs is 11. The zero-order valence-corrected chi connectivity index (χ0v) is 17.9. The van der Waals surface area contributed by atoms with Gasteiger partial charge in [-0.05, 0) is 104 Å². The molecule has 0 radical (unpaired) electrons. The average Bonchev–Trinajstić information content (AvgIpc) is 2.76. The van der Waals surface area contributed by atoms with Crippen LogP contribution in [-0.4, -0.2) is 0 Å². The molecule has 0 amide bonds. The van der Waals surface area contributed by atoms with Gasteiger partial charge in [-0.25, -0.2) is 0 Å². The highest BCUT2D eigenvalue weighted by Crippen LogP contribution is 2.44. The van der Waals surface area contributed by atoms with Crippen LogP contribution in [0.2, 0.25) is 0 Å². The lowest BCUT2D eigenvalue weighted by molar-refractivity contribution is 1.36. The van der Waals surface area contributed by atoms with Crippen molar-refractivity contribution in [1.29, 1.82) is 0 Å². The van der Waals surface area contributed by atoms with E-state index in [1.807, 2.05) is 0 Å². The standard InChI is InChI=1S/C30H24/c1-17-13-25-26-14-18(2)20(4)16-28(26)30-24-12-8-6-10-22(24)21-9-5-7-11-23(21)29(30)27(25)15-19(17)3/h5-16H,1-4H3. The number of benzene rings is 6. The smallest absolute Gasteiger partial charge is 0.00138 e. The molecule has 30 heavy (non-hydrogen) atoms. The van der Waals surface area contributed by atoms with Crippen molar-refractivity contribution in [3.8, 4) is 0 Å². The van der Waals surface area contributed by atoms with Crippen LogP contribution in [-0.2, 0) is 0 Å². The molecule has 0 spiro atoms. The Balaban J connectivity index is 2.10. The molecule has 144 valence electrons. The second-order valence-corrected chi connectivity index (χ2v) is 8.81. The summed E-state index contributed by atoms with van der Waals surface area (Å²) in [6.45, 7) is 8.91. The van der Waals surface area contributed by atoms with Gasteiger partial charge in [0.25, 0.3) is 0 Å². The van der Waals surface area contributed by atoms with Crippen molar-refractivity contribution < 1.29 is 0 Å². The minimum absolute atomic E-state index is 1.34. The molecule has 6 aromatic carbocycles. The van der Waals surface area contributed by atoms with E-state index in [0.29, 0.717) is 0 Å². The lowest BCUT2D eigenvalue weighted by Crippen LogP contribution is -1.92. The molecule has 0 aliphatic carbocycles. The van der Waals surface area contributed by atoms with Crippen LogP contribution in [0.4, 0.5) is 0 Å². The summed E-state index contributed by atoms with van der Waals surface area (Å²) in [7, 11) is 0. The minimum Gasteiger partial charge on any atom is -0.0616 e. The predicted molar refractivity (Wildman–Crippen MR) is 133 cm³/mol. The van der Waals surface area contributed by atoms with Gasteiger partial charge in [-0.2, -0.15) is 0 Å². The summed E-state index contributed by atoms with van der Waals surface area (Å²) >= 11 is 0. The molecule has 0 unspecified atom stereocenters. The topological polar surface area (TPSA) is 0 Å². The van der Waals surface area contributed by atoms with Crippen LogP contribution in [0.15, 0.2) is 72.8 Å². The molecule has 0 heteroatoms. The molecule has 6 rings (SSSR count). The molecular formula is C30H24. The van der Waals surface area contributed by atoms with Crippen LogP contribution in [0.1, 0.15) is 22.3 Å². The van der Waals surface area contributed by atoms with E-state index >= 15 is 0 Å². The SMILES string of the molecule is Cc1cc2c3cc(C)c(C)cc3c3c4ccccc4c4ccccc4c3c2cc1C. The Morgan fingerprint density at radius 2 is 0.633 bits per heavy atom. The highest BCUT2D eigenvalue weighted by molar-refractivity contribution is 6.39. The second-order valence-electron chi connectivity index (χ2n) is 8.81. The summed E-state index contributed by atoms with van der Waals surface area (Å²) in [6.07, 6.45) is 0. The third-order valence-electron chi connectivity index (χ3n) is 7.03. The molecule has 0 saturated carbocycles. The van der Waals surface area contributed by atoms with Gasteiger partial charge < -0.3 is 0 Å². The molecule has 0 aliphatic rings. The van der Waals surface area contributed by atoms with Gasteiger partial charge in [0, 0.05) is 0 Å². The molecular weight excluding hydrogens is 360 g/mol. The van der Waals surface area contributed by atoms with Crippen LogP contribution in [0.3, 0.4) is 0 Å². The van der Waals surface area contributed by atoms with E-state index in [-0.39, 0.29) is 0 Å². The van der Waals surface area contributed by atoms with Gasteiger partial charge >= 0.3 is 0 Å². The fraction of sp³-hybridized carbons (Fsp3) is 0.133. The maximum Gasteiger partial charge on any atom is -0.00138 e. The van der Waals surface area contributed by atoms with Gasteiger partial charge in [0.1, 0.15) is 0 Å². The summed E-state index contributed by atoms with van der Waals surface area (Å²) in [6, 6.07) is 27.4. The van der Waals surface area contributed by atoms with Crippen LogP contribution in [0.25, 0.3) is 53.9 Å². The first-order valence-electron chi connectivity index (χ1n) is 10.7. The zero-order chi connectivity index (χ0) is 20.6. The summed E-state index contributed by atoms with van der Waals surface area (Å²) < 4.78 is 0. The number of hydrogen-bond acceptors (Lipinski definition) is 0. The van der Waals surface area contributed by atoms with E-state index in [9.17, 15) is 0 Å². The first kappa shape index (κ1) is 17.5. The van der Waals surface area contributed by atoms with Crippen LogP contribution in [0, 0.1) is 27.7 Å². The monoisotopic (exact) mass is 384 g/mol. The number of rotatable bonds is 0. The lowest BCUT2D eigenvalue weighted by Gasteiger charge is -2.18. The van der Waals surface area contributed by atoms with E-state index < -0.39 is 0 Å². The zero-order valence-electron chi connectivity index (χ0n) is 17.9. The molecule has 0 fully saturated rings. The largest absolute Gasteiger partial charge is 0.0616 e. The Hall–Kier alpha value is -3.38. The number of hydrogen-bond donors (Lipinski definition) is 0. The van der Waals surface area contributed by atoms with E-state index in [0.717, 1.165) is 0 Å². The van der Waals surface area contributed by atoms with Crippen molar-refractivity contribution >= 4 is 53.9 Å². The molecule has 0 atom stereocenters. The molecule has 0 nitrogen and oxygen atoms in total. The van der Waals surface area contributed by atoms with Gasteiger partial charge in [0.15, 0.2) is 0 Å². The van der Waals surface area contributed by atoms with Crippen molar-refractivity contribution in [3.05, 3.63) is 95.1 Å². The Kier molecular flexibility index (Phi) is 3.53. The van der Waals surface area contributed by atoms with Gasteiger partial charge in [0.05, 0.1) is 0 Å². The van der Waals surface area contributed by atoms with Crippen molar-refractivity contribution in [2.75, 3.05) is 0 Å². The fourth-order valence-electron chi connectivity index (χ4n) is 5.19. The predicted octanol–water partition coefficient (Wildman–Crippen LogP) is 8.69. The summed E-state index contributed by atoms with van der Waals surface area (Å²) in [5, 5.41) is 13.6. The van der Waals surface area contributed by atoms with Crippen molar-refractivity contribution in [2.45, 2.75) is 27.7 Å². The Labute approximate surface area is 176 Å². The van der Waals surface area contributed by atoms with E-state index in [1.165, 1.54) is 76.1 Å². The molecule has 0 aliphatic heterocycles. The van der Waals surface area contributed by atoms with Gasteiger partial charge in [-0.3, -0.25) is 0 Å². The molecule has 0 N–H and O–H groups in total. The van der Waals surface area contributed by atoms with Gasteiger partial charge in [-0.15, -0.1) is 0 Å². The van der Waals surface area contributed by atoms with Gasteiger partial charge in [-0.1, -0.05) is 72.8 Å². The second kappa shape index (κ2) is 6.06.